The maximum Gasteiger partial charge on any atom is 0.255 e. The van der Waals surface area contributed by atoms with Crippen molar-refractivity contribution in [3.8, 4) is 16.9 Å². The summed E-state index contributed by atoms with van der Waals surface area (Å²) in [5.41, 5.74) is 10.1. The molecule has 1 saturated carbocycles. The molecular formula is C21H23N3O2. The summed E-state index contributed by atoms with van der Waals surface area (Å²) < 4.78 is 5.58. The average Bonchev–Trinajstić information content (AvgIpc) is 3.38. The molecule has 1 aromatic heterocycles. The van der Waals surface area contributed by atoms with E-state index in [1.807, 2.05) is 29.3 Å². The summed E-state index contributed by atoms with van der Waals surface area (Å²) in [6.45, 7) is 2.36. The molecule has 5 nitrogen and oxygen atoms in total. The van der Waals surface area contributed by atoms with Crippen molar-refractivity contribution in [1.29, 1.82) is 0 Å². The zero-order valence-electron chi connectivity index (χ0n) is 14.7. The number of carbonyl (C=O) groups excluding carboxylic acids is 1. The van der Waals surface area contributed by atoms with E-state index >= 15 is 0 Å². The first-order valence-corrected chi connectivity index (χ1v) is 9.45. The number of benzene rings is 1. The van der Waals surface area contributed by atoms with Crippen LogP contribution in [0, 0.1) is 11.8 Å². The molecule has 0 radical (unpaired) electrons. The fourth-order valence-electron chi connectivity index (χ4n) is 4.74. The van der Waals surface area contributed by atoms with Crippen LogP contribution in [-0.2, 0) is 6.42 Å². The summed E-state index contributed by atoms with van der Waals surface area (Å²) in [6.07, 6.45) is 6.67. The fraction of sp³-hybridized carbons (Fsp3) is 0.429. The van der Waals surface area contributed by atoms with Crippen molar-refractivity contribution in [3.05, 3.63) is 47.8 Å². The molecule has 1 aliphatic carbocycles. The van der Waals surface area contributed by atoms with Gasteiger partial charge in [0.05, 0.1) is 12.2 Å². The van der Waals surface area contributed by atoms with Crippen LogP contribution in [-0.4, -0.2) is 41.5 Å². The Morgan fingerprint density at radius 2 is 2.08 bits per heavy atom. The Labute approximate surface area is 153 Å². The van der Waals surface area contributed by atoms with Gasteiger partial charge in [-0.05, 0) is 54.0 Å². The van der Waals surface area contributed by atoms with Gasteiger partial charge in [0, 0.05) is 43.5 Å². The van der Waals surface area contributed by atoms with Crippen molar-refractivity contribution in [3.63, 3.8) is 0 Å². The third kappa shape index (κ3) is 2.58. The number of hydrogen-bond acceptors (Lipinski definition) is 4. The molecule has 3 atom stereocenters. The summed E-state index contributed by atoms with van der Waals surface area (Å²) in [6, 6.07) is 8.40. The number of carbonyl (C=O) groups is 1. The summed E-state index contributed by atoms with van der Waals surface area (Å²) >= 11 is 0. The molecule has 2 fully saturated rings. The zero-order chi connectivity index (χ0) is 17.7. The maximum atomic E-state index is 13.0. The summed E-state index contributed by atoms with van der Waals surface area (Å²) in [5, 5.41) is 0. The first-order chi connectivity index (χ1) is 12.7. The number of ether oxygens (including phenoxy) is 1. The van der Waals surface area contributed by atoms with Gasteiger partial charge in [-0.25, -0.2) is 0 Å². The molecule has 26 heavy (non-hydrogen) atoms. The predicted molar refractivity (Wildman–Crippen MR) is 99.0 cm³/mol. The van der Waals surface area contributed by atoms with Crippen molar-refractivity contribution in [1.82, 2.24) is 9.88 Å². The van der Waals surface area contributed by atoms with Crippen LogP contribution in [0.15, 0.2) is 36.7 Å². The molecule has 3 heterocycles. The minimum Gasteiger partial charge on any atom is -0.493 e. The molecule has 0 bridgehead atoms. The standard InChI is InChI=1S/C21H23N3O2/c22-19-3-1-15-11-24(12-18(15)19)21(25)17-8-16(9-23-10-17)13-2-4-20-14(7-13)5-6-26-20/h2,4,7-10,15,18-19H,1,3,5-6,11-12,22H2. The highest BCUT2D eigenvalue weighted by Crippen LogP contribution is 2.38. The number of nitrogens with two attached hydrogens (primary N) is 1. The third-order valence-corrected chi connectivity index (χ3v) is 6.21. The molecule has 3 unspecified atom stereocenters. The van der Waals surface area contributed by atoms with Gasteiger partial charge < -0.3 is 15.4 Å². The number of nitrogens with zero attached hydrogens (tertiary/aromatic N) is 2. The van der Waals surface area contributed by atoms with Crippen LogP contribution >= 0.6 is 0 Å². The molecule has 1 amide bonds. The van der Waals surface area contributed by atoms with Gasteiger partial charge in [0.2, 0.25) is 0 Å². The van der Waals surface area contributed by atoms with Crippen LogP contribution in [0.3, 0.4) is 0 Å². The monoisotopic (exact) mass is 349 g/mol. The van der Waals surface area contributed by atoms with Crippen LogP contribution < -0.4 is 10.5 Å². The Morgan fingerprint density at radius 1 is 1.15 bits per heavy atom. The van der Waals surface area contributed by atoms with Gasteiger partial charge in [-0.2, -0.15) is 0 Å². The second-order valence-electron chi connectivity index (χ2n) is 7.76. The number of rotatable bonds is 2. The maximum absolute atomic E-state index is 13.0. The molecule has 5 heteroatoms. The number of pyridine rings is 1. The van der Waals surface area contributed by atoms with Gasteiger partial charge in [-0.1, -0.05) is 6.07 Å². The Morgan fingerprint density at radius 3 is 2.96 bits per heavy atom. The van der Waals surface area contributed by atoms with E-state index in [0.29, 0.717) is 17.4 Å². The summed E-state index contributed by atoms with van der Waals surface area (Å²) in [5.74, 6) is 2.08. The van der Waals surface area contributed by atoms with Gasteiger partial charge in [0.15, 0.2) is 0 Å². The number of hydrogen-bond donors (Lipinski definition) is 1. The Kier molecular flexibility index (Phi) is 3.71. The van der Waals surface area contributed by atoms with Crippen LogP contribution in [0.2, 0.25) is 0 Å². The second kappa shape index (κ2) is 6.09. The van der Waals surface area contributed by atoms with E-state index in [1.165, 1.54) is 5.56 Å². The van der Waals surface area contributed by atoms with Gasteiger partial charge in [-0.3, -0.25) is 9.78 Å². The minimum absolute atomic E-state index is 0.0745. The first-order valence-electron chi connectivity index (χ1n) is 9.45. The van der Waals surface area contributed by atoms with Crippen molar-refractivity contribution in [2.45, 2.75) is 25.3 Å². The SMILES string of the molecule is NC1CCC2CN(C(=O)c3cncc(-c4ccc5c(c4)CCO5)c3)CC12. The summed E-state index contributed by atoms with van der Waals surface area (Å²) in [4.78, 5) is 19.3. The van der Waals surface area contributed by atoms with Gasteiger partial charge in [0.25, 0.3) is 5.91 Å². The van der Waals surface area contributed by atoms with Gasteiger partial charge in [0.1, 0.15) is 5.75 Å². The number of fused-ring (bicyclic) bond motifs is 2. The molecule has 3 aliphatic rings. The molecule has 2 N–H and O–H groups in total. The van der Waals surface area contributed by atoms with E-state index in [1.54, 1.807) is 6.20 Å². The molecule has 1 aromatic carbocycles. The molecule has 0 spiro atoms. The lowest BCUT2D eigenvalue weighted by molar-refractivity contribution is 0.0779. The lowest BCUT2D eigenvalue weighted by atomic mass is 9.98. The van der Waals surface area contributed by atoms with E-state index in [0.717, 1.165) is 55.8 Å². The van der Waals surface area contributed by atoms with Crippen molar-refractivity contribution in [2.75, 3.05) is 19.7 Å². The first kappa shape index (κ1) is 15.8. The highest BCUT2D eigenvalue weighted by Gasteiger charge is 2.42. The van der Waals surface area contributed by atoms with Crippen LogP contribution in [0.5, 0.6) is 5.75 Å². The fourth-order valence-corrected chi connectivity index (χ4v) is 4.74. The minimum atomic E-state index is 0.0745. The van der Waals surface area contributed by atoms with E-state index in [-0.39, 0.29) is 11.9 Å². The molecular weight excluding hydrogens is 326 g/mol. The normalized spacial score (nSPS) is 26.5. The number of likely N-dealkylation sites (tertiary alicyclic amines) is 1. The van der Waals surface area contributed by atoms with Gasteiger partial charge >= 0.3 is 0 Å². The average molecular weight is 349 g/mol. The Bertz CT molecular complexity index is 866. The molecule has 2 aliphatic heterocycles. The van der Waals surface area contributed by atoms with E-state index < -0.39 is 0 Å². The quantitative estimate of drug-likeness (QED) is 0.904. The highest BCUT2D eigenvalue weighted by atomic mass is 16.5. The number of aromatic nitrogens is 1. The Hall–Kier alpha value is -2.40. The van der Waals surface area contributed by atoms with E-state index in [9.17, 15) is 4.79 Å². The van der Waals surface area contributed by atoms with Crippen LogP contribution in [0.25, 0.3) is 11.1 Å². The lowest BCUT2D eigenvalue weighted by Gasteiger charge is -2.19. The molecule has 1 saturated heterocycles. The number of amides is 1. The van der Waals surface area contributed by atoms with Gasteiger partial charge in [-0.15, -0.1) is 0 Å². The Balaban J connectivity index is 1.39. The second-order valence-corrected chi connectivity index (χ2v) is 7.76. The molecule has 2 aromatic rings. The van der Waals surface area contributed by atoms with Crippen LogP contribution in [0.1, 0.15) is 28.8 Å². The van der Waals surface area contributed by atoms with E-state index in [4.69, 9.17) is 10.5 Å². The smallest absolute Gasteiger partial charge is 0.255 e. The lowest BCUT2D eigenvalue weighted by Crippen LogP contribution is -2.33. The molecule has 5 rings (SSSR count). The third-order valence-electron chi connectivity index (χ3n) is 6.21. The summed E-state index contributed by atoms with van der Waals surface area (Å²) in [7, 11) is 0. The van der Waals surface area contributed by atoms with Crippen molar-refractivity contribution >= 4 is 5.91 Å². The largest absolute Gasteiger partial charge is 0.493 e. The zero-order valence-corrected chi connectivity index (χ0v) is 14.7. The highest BCUT2D eigenvalue weighted by molar-refractivity contribution is 5.95. The van der Waals surface area contributed by atoms with Crippen molar-refractivity contribution in [2.24, 2.45) is 17.6 Å². The van der Waals surface area contributed by atoms with Crippen LogP contribution in [0.4, 0.5) is 0 Å². The van der Waals surface area contributed by atoms with E-state index in [2.05, 4.69) is 11.1 Å². The predicted octanol–water partition coefficient (Wildman–Crippen LogP) is 2.49. The topological polar surface area (TPSA) is 68.5 Å². The molecule has 134 valence electrons. The van der Waals surface area contributed by atoms with Crippen molar-refractivity contribution < 1.29 is 9.53 Å².